The molecule has 2 heterocycles. The van der Waals surface area contributed by atoms with Crippen LogP contribution in [0.5, 0.6) is 0 Å². The highest BCUT2D eigenvalue weighted by molar-refractivity contribution is 5.91. The molecule has 0 saturated carbocycles. The van der Waals surface area contributed by atoms with Crippen molar-refractivity contribution >= 4 is 17.8 Å². The van der Waals surface area contributed by atoms with Gasteiger partial charge in [0.15, 0.2) is 0 Å². The van der Waals surface area contributed by atoms with E-state index in [1.807, 2.05) is 32.6 Å². The maximum atomic E-state index is 13.4. The van der Waals surface area contributed by atoms with Crippen molar-refractivity contribution < 1.29 is 18.8 Å². The maximum Gasteiger partial charge on any atom is 0.334 e. The van der Waals surface area contributed by atoms with Crippen LogP contribution in [-0.4, -0.2) is 76.6 Å². The number of hydrazine groups is 1. The highest BCUT2D eigenvalue weighted by Crippen LogP contribution is 2.29. The van der Waals surface area contributed by atoms with Crippen molar-refractivity contribution in [1.29, 1.82) is 0 Å². The molecule has 0 aromatic heterocycles. The van der Waals surface area contributed by atoms with E-state index in [4.69, 9.17) is 0 Å². The maximum absolute atomic E-state index is 13.4. The molecule has 3 rings (SSSR count). The van der Waals surface area contributed by atoms with Gasteiger partial charge in [-0.2, -0.15) is 0 Å². The molecule has 2 atom stereocenters. The molecule has 36 heavy (non-hydrogen) atoms. The van der Waals surface area contributed by atoms with Gasteiger partial charge < -0.3 is 15.1 Å². The van der Waals surface area contributed by atoms with Crippen LogP contribution in [0.25, 0.3) is 0 Å². The van der Waals surface area contributed by atoms with Gasteiger partial charge in [0.25, 0.3) is 0 Å². The van der Waals surface area contributed by atoms with Crippen molar-refractivity contribution in [1.82, 2.24) is 25.1 Å². The molecule has 0 bridgehead atoms. The van der Waals surface area contributed by atoms with Crippen molar-refractivity contribution in [3.05, 3.63) is 35.6 Å². The van der Waals surface area contributed by atoms with Gasteiger partial charge in [0.2, 0.25) is 11.8 Å². The van der Waals surface area contributed by atoms with E-state index in [1.165, 1.54) is 12.1 Å². The number of rotatable bonds is 9. The van der Waals surface area contributed by atoms with Gasteiger partial charge in [0.05, 0.1) is 13.1 Å². The number of hydrogen-bond donors (Lipinski definition) is 1. The highest BCUT2D eigenvalue weighted by Gasteiger charge is 2.50. The number of nitrogens with zero attached hydrogens (tertiary/aromatic N) is 4. The minimum atomic E-state index is -0.571. The summed E-state index contributed by atoms with van der Waals surface area (Å²) >= 11 is 0. The number of urea groups is 1. The van der Waals surface area contributed by atoms with Crippen LogP contribution in [-0.2, 0) is 16.1 Å². The average Bonchev–Trinajstić information content (AvgIpc) is 2.84. The van der Waals surface area contributed by atoms with E-state index >= 15 is 0 Å². The standard InChI is InChI=1S/C25H38FN5O3.C2H6/c1-5-6-7-8-13-29-16-22-30(21(24(29)33)14-18(2)3)23(32)17-28(4)31(22)25(34)27-15-19-9-11-20(26)12-10-19;1-2/h9-12,18,21-22H,5-8,13-17H2,1-4H3,(H,27,34);1-2H3/t21-,22?;/m0./s1. The normalized spacial score (nSPS) is 20.3. The third-order valence-electron chi connectivity index (χ3n) is 6.48. The van der Waals surface area contributed by atoms with Crippen LogP contribution in [0.1, 0.15) is 72.3 Å². The number of likely N-dealkylation sites (N-methyl/N-ethyl adjacent to an activating group) is 1. The van der Waals surface area contributed by atoms with Crippen molar-refractivity contribution in [2.75, 3.05) is 26.7 Å². The lowest BCUT2D eigenvalue weighted by molar-refractivity contribution is -0.188. The molecule has 0 spiro atoms. The molecule has 2 aliphatic rings. The topological polar surface area (TPSA) is 76.2 Å². The van der Waals surface area contributed by atoms with Crippen LogP contribution < -0.4 is 5.32 Å². The summed E-state index contributed by atoms with van der Waals surface area (Å²) in [6, 6.07) is 5.04. The van der Waals surface area contributed by atoms with Crippen LogP contribution in [0.15, 0.2) is 24.3 Å². The zero-order chi connectivity index (χ0) is 26.8. The third kappa shape index (κ3) is 7.41. The number of benzene rings is 1. The summed E-state index contributed by atoms with van der Waals surface area (Å²) in [4.78, 5) is 43.2. The first-order valence-electron chi connectivity index (χ1n) is 13.3. The van der Waals surface area contributed by atoms with E-state index in [0.29, 0.717) is 19.5 Å². The quantitative estimate of drug-likeness (QED) is 0.510. The number of carbonyl (C=O) groups is 3. The van der Waals surface area contributed by atoms with Gasteiger partial charge >= 0.3 is 6.03 Å². The Morgan fingerprint density at radius 2 is 1.78 bits per heavy atom. The molecule has 1 aromatic rings. The summed E-state index contributed by atoms with van der Waals surface area (Å²) < 4.78 is 13.2. The molecule has 9 heteroatoms. The number of halogens is 1. The molecule has 1 unspecified atom stereocenters. The Balaban J connectivity index is 0.00000222. The fraction of sp³-hybridized carbons (Fsp3) is 0.667. The molecule has 8 nitrogen and oxygen atoms in total. The number of unbranched alkanes of at least 4 members (excludes halogenated alkanes) is 3. The number of amides is 4. The van der Waals surface area contributed by atoms with E-state index in [2.05, 4.69) is 12.2 Å². The highest BCUT2D eigenvalue weighted by atomic mass is 19.1. The third-order valence-corrected chi connectivity index (χ3v) is 6.48. The molecule has 2 saturated heterocycles. The van der Waals surface area contributed by atoms with E-state index in [1.54, 1.807) is 34.1 Å². The van der Waals surface area contributed by atoms with E-state index < -0.39 is 12.2 Å². The largest absolute Gasteiger partial charge is 0.337 e. The molecular formula is C27H44FN5O3. The molecule has 1 aromatic carbocycles. The van der Waals surface area contributed by atoms with Gasteiger partial charge in [0, 0.05) is 20.1 Å². The summed E-state index contributed by atoms with van der Waals surface area (Å²) in [7, 11) is 1.71. The smallest absolute Gasteiger partial charge is 0.334 e. The van der Waals surface area contributed by atoms with E-state index in [-0.39, 0.29) is 42.7 Å². The Kier molecular flexibility index (Phi) is 11.6. The molecule has 2 aliphatic heterocycles. The fourth-order valence-electron chi connectivity index (χ4n) is 4.77. The van der Waals surface area contributed by atoms with Gasteiger partial charge in [-0.15, -0.1) is 0 Å². The summed E-state index contributed by atoms with van der Waals surface area (Å²) in [6.45, 7) is 11.4. The number of nitrogens with one attached hydrogen (secondary N) is 1. The van der Waals surface area contributed by atoms with E-state index in [9.17, 15) is 18.8 Å². The second-order valence-corrected chi connectivity index (χ2v) is 9.72. The monoisotopic (exact) mass is 505 g/mol. The van der Waals surface area contributed by atoms with Crippen molar-refractivity contribution in [3.8, 4) is 0 Å². The number of piperazine rings is 1. The molecule has 0 aliphatic carbocycles. The SMILES string of the molecule is CC.CCCCCCN1CC2N(C(=O)CN(C)N2C(=O)NCc2ccc(F)cc2)[C@@H](CC(C)C)C1=O. The van der Waals surface area contributed by atoms with Crippen LogP contribution in [0.3, 0.4) is 0 Å². The van der Waals surface area contributed by atoms with E-state index in [0.717, 1.165) is 31.2 Å². The minimum absolute atomic E-state index is 0.0222. The summed E-state index contributed by atoms with van der Waals surface area (Å²) in [5, 5.41) is 6.07. The Bertz CT molecular complexity index is 863. The number of fused-ring (bicyclic) bond motifs is 1. The molecular weight excluding hydrogens is 461 g/mol. The zero-order valence-electron chi connectivity index (χ0n) is 22.8. The van der Waals surface area contributed by atoms with Crippen LogP contribution >= 0.6 is 0 Å². The number of hydrogen-bond acceptors (Lipinski definition) is 4. The summed E-state index contributed by atoms with van der Waals surface area (Å²) in [5.74, 6) is -0.268. The summed E-state index contributed by atoms with van der Waals surface area (Å²) in [6.07, 6.45) is 4.17. The summed E-state index contributed by atoms with van der Waals surface area (Å²) in [5.41, 5.74) is 0.774. The molecule has 2 fully saturated rings. The van der Waals surface area contributed by atoms with Gasteiger partial charge in [0.1, 0.15) is 18.0 Å². The Morgan fingerprint density at radius 1 is 1.11 bits per heavy atom. The van der Waals surface area contributed by atoms with Crippen molar-refractivity contribution in [2.24, 2.45) is 5.92 Å². The lowest BCUT2D eigenvalue weighted by Gasteiger charge is -2.54. The van der Waals surface area contributed by atoms with Crippen LogP contribution in [0.4, 0.5) is 9.18 Å². The van der Waals surface area contributed by atoms with Gasteiger partial charge in [-0.3, -0.25) is 9.59 Å². The average molecular weight is 506 g/mol. The van der Waals surface area contributed by atoms with Gasteiger partial charge in [-0.1, -0.05) is 66.0 Å². The first kappa shape index (κ1) is 29.5. The predicted octanol–water partition coefficient (Wildman–Crippen LogP) is 4.22. The lowest BCUT2D eigenvalue weighted by atomic mass is 9.97. The predicted molar refractivity (Wildman–Crippen MR) is 139 cm³/mol. The van der Waals surface area contributed by atoms with Crippen molar-refractivity contribution in [3.63, 3.8) is 0 Å². The second kappa shape index (κ2) is 14.2. The Labute approximate surface area is 215 Å². The van der Waals surface area contributed by atoms with Crippen LogP contribution in [0.2, 0.25) is 0 Å². The number of carbonyl (C=O) groups excluding carboxylic acids is 3. The molecule has 0 radical (unpaired) electrons. The zero-order valence-corrected chi connectivity index (χ0v) is 22.8. The first-order valence-corrected chi connectivity index (χ1v) is 13.3. The Hall–Kier alpha value is -2.68. The minimum Gasteiger partial charge on any atom is -0.337 e. The van der Waals surface area contributed by atoms with Crippen molar-refractivity contribution in [2.45, 2.75) is 85.5 Å². The fourth-order valence-corrected chi connectivity index (χ4v) is 4.77. The molecule has 202 valence electrons. The lowest BCUT2D eigenvalue weighted by Crippen LogP contribution is -2.76. The first-order chi connectivity index (χ1) is 17.2. The second-order valence-electron chi connectivity index (χ2n) is 9.72. The Morgan fingerprint density at radius 3 is 2.39 bits per heavy atom. The molecule has 1 N–H and O–H groups in total. The van der Waals surface area contributed by atoms with Gasteiger partial charge in [-0.25, -0.2) is 19.2 Å². The van der Waals surface area contributed by atoms with Crippen LogP contribution in [0, 0.1) is 11.7 Å². The van der Waals surface area contributed by atoms with Gasteiger partial charge in [-0.05, 0) is 36.5 Å². The molecule has 4 amide bonds.